The van der Waals surface area contributed by atoms with E-state index in [1.54, 1.807) is 6.08 Å². The monoisotopic (exact) mass is 315 g/mol. The molecule has 0 radical (unpaired) electrons. The highest BCUT2D eigenvalue weighted by molar-refractivity contribution is 6.02. The van der Waals surface area contributed by atoms with Crippen molar-refractivity contribution < 1.29 is 4.79 Å². The molecule has 2 N–H and O–H groups in total. The van der Waals surface area contributed by atoms with E-state index < -0.39 is 0 Å². The summed E-state index contributed by atoms with van der Waals surface area (Å²) < 4.78 is 0. The van der Waals surface area contributed by atoms with E-state index in [0.29, 0.717) is 0 Å². The number of aromatic nitrogens is 1. The topological polar surface area (TPSA) is 68.7 Å². The van der Waals surface area contributed by atoms with Gasteiger partial charge in [-0.25, -0.2) is 0 Å². The number of H-pyrrole nitrogens is 1. The lowest BCUT2D eigenvalue weighted by Gasteiger charge is -2.13. The minimum absolute atomic E-state index is 0.0904. The van der Waals surface area contributed by atoms with Crippen molar-refractivity contribution in [1.82, 2.24) is 10.3 Å². The standard InChI is InChI=1S/C20H17N3O/c1-14(16-5-3-2-4-6-16)23-20(24)18(13-21)12-15-7-8-19-17(11-15)9-10-22-19/h2-12,14,22H,1H3,(H,23,24)/t14-/m0/s1. The molecule has 1 aromatic heterocycles. The van der Waals surface area contributed by atoms with E-state index in [4.69, 9.17) is 0 Å². The molecular weight excluding hydrogens is 298 g/mol. The van der Waals surface area contributed by atoms with E-state index in [9.17, 15) is 10.1 Å². The SMILES string of the molecule is C[C@H](NC(=O)C(C#N)=Cc1ccc2[nH]ccc2c1)c1ccccc1. The van der Waals surface area contributed by atoms with Gasteiger partial charge in [0.2, 0.25) is 0 Å². The molecule has 24 heavy (non-hydrogen) atoms. The van der Waals surface area contributed by atoms with Crippen LogP contribution in [0, 0.1) is 11.3 Å². The molecule has 0 fully saturated rings. The van der Waals surface area contributed by atoms with Crippen LogP contribution in [-0.4, -0.2) is 10.9 Å². The molecule has 0 saturated carbocycles. The van der Waals surface area contributed by atoms with Gasteiger partial charge in [0.25, 0.3) is 5.91 Å². The van der Waals surface area contributed by atoms with Crippen molar-refractivity contribution in [3.63, 3.8) is 0 Å². The Balaban J connectivity index is 1.79. The Kier molecular flexibility index (Phi) is 4.44. The van der Waals surface area contributed by atoms with Gasteiger partial charge in [0.05, 0.1) is 6.04 Å². The van der Waals surface area contributed by atoms with Gasteiger partial charge in [0.1, 0.15) is 11.6 Å². The number of amides is 1. The Morgan fingerprint density at radius 3 is 2.75 bits per heavy atom. The molecule has 0 aliphatic carbocycles. The first-order valence-corrected chi connectivity index (χ1v) is 7.72. The number of carbonyl (C=O) groups is 1. The number of nitrogens with zero attached hydrogens (tertiary/aromatic N) is 1. The third-order valence-electron chi connectivity index (χ3n) is 3.90. The number of hydrogen-bond donors (Lipinski definition) is 2. The highest BCUT2D eigenvalue weighted by Gasteiger charge is 2.13. The van der Waals surface area contributed by atoms with E-state index in [2.05, 4.69) is 10.3 Å². The van der Waals surface area contributed by atoms with Gasteiger partial charge in [-0.15, -0.1) is 0 Å². The summed E-state index contributed by atoms with van der Waals surface area (Å²) in [5, 5.41) is 13.2. The van der Waals surface area contributed by atoms with Gasteiger partial charge in [-0.3, -0.25) is 4.79 Å². The molecule has 4 heteroatoms. The van der Waals surface area contributed by atoms with Gasteiger partial charge >= 0.3 is 0 Å². The molecule has 0 bridgehead atoms. The zero-order valence-electron chi connectivity index (χ0n) is 13.3. The van der Waals surface area contributed by atoms with Crippen LogP contribution >= 0.6 is 0 Å². The maximum atomic E-state index is 12.4. The maximum absolute atomic E-state index is 12.4. The average molecular weight is 315 g/mol. The second kappa shape index (κ2) is 6.84. The lowest BCUT2D eigenvalue weighted by molar-refractivity contribution is -0.117. The van der Waals surface area contributed by atoms with E-state index in [1.807, 2.05) is 73.8 Å². The summed E-state index contributed by atoms with van der Waals surface area (Å²) in [5.41, 5.74) is 2.93. The van der Waals surface area contributed by atoms with Gasteiger partial charge in [-0.05, 0) is 47.7 Å². The summed E-state index contributed by atoms with van der Waals surface area (Å²) in [6.45, 7) is 1.90. The van der Waals surface area contributed by atoms with E-state index in [-0.39, 0.29) is 17.5 Å². The van der Waals surface area contributed by atoms with Crippen molar-refractivity contribution in [2.75, 3.05) is 0 Å². The first kappa shape index (κ1) is 15.6. The zero-order chi connectivity index (χ0) is 16.9. The lowest BCUT2D eigenvalue weighted by atomic mass is 10.1. The second-order valence-corrected chi connectivity index (χ2v) is 5.60. The van der Waals surface area contributed by atoms with Crippen LogP contribution in [0.1, 0.15) is 24.1 Å². The quantitative estimate of drug-likeness (QED) is 0.565. The fourth-order valence-corrected chi connectivity index (χ4v) is 2.58. The molecule has 1 amide bonds. The number of nitriles is 1. The molecule has 0 spiro atoms. The number of carbonyl (C=O) groups excluding carboxylic acids is 1. The van der Waals surface area contributed by atoms with Crippen LogP contribution in [0.3, 0.4) is 0 Å². The third kappa shape index (κ3) is 3.36. The van der Waals surface area contributed by atoms with Crippen molar-refractivity contribution >= 4 is 22.9 Å². The van der Waals surface area contributed by atoms with Crippen LogP contribution < -0.4 is 5.32 Å². The molecule has 118 valence electrons. The van der Waals surface area contributed by atoms with Crippen LogP contribution in [0.2, 0.25) is 0 Å². The lowest BCUT2D eigenvalue weighted by Crippen LogP contribution is -2.27. The van der Waals surface area contributed by atoms with Crippen LogP contribution in [0.4, 0.5) is 0 Å². The molecule has 4 nitrogen and oxygen atoms in total. The highest BCUT2D eigenvalue weighted by atomic mass is 16.1. The van der Waals surface area contributed by atoms with Crippen LogP contribution in [0.15, 0.2) is 66.4 Å². The molecule has 0 aliphatic heterocycles. The highest BCUT2D eigenvalue weighted by Crippen LogP contribution is 2.17. The summed E-state index contributed by atoms with van der Waals surface area (Å²) in [6, 6.07) is 19.2. The van der Waals surface area contributed by atoms with Gasteiger partial charge in [-0.1, -0.05) is 36.4 Å². The first-order chi connectivity index (χ1) is 11.7. The van der Waals surface area contributed by atoms with Crippen LogP contribution in [0.25, 0.3) is 17.0 Å². The molecule has 3 rings (SSSR count). The Hall–Kier alpha value is -3.32. The van der Waals surface area contributed by atoms with Gasteiger partial charge in [-0.2, -0.15) is 5.26 Å². The molecule has 0 saturated heterocycles. The van der Waals surface area contributed by atoms with Crippen LogP contribution in [0.5, 0.6) is 0 Å². The second-order valence-electron chi connectivity index (χ2n) is 5.60. The summed E-state index contributed by atoms with van der Waals surface area (Å²) in [5.74, 6) is -0.372. The molecule has 1 heterocycles. The molecule has 2 aromatic carbocycles. The van der Waals surface area contributed by atoms with E-state index >= 15 is 0 Å². The number of fused-ring (bicyclic) bond motifs is 1. The fraction of sp³-hybridized carbons (Fsp3) is 0.100. The smallest absolute Gasteiger partial charge is 0.262 e. The number of nitrogens with one attached hydrogen (secondary N) is 2. The van der Waals surface area contributed by atoms with E-state index in [1.165, 1.54) is 0 Å². The fourth-order valence-electron chi connectivity index (χ4n) is 2.58. The number of hydrogen-bond acceptors (Lipinski definition) is 2. The number of rotatable bonds is 4. The number of aromatic amines is 1. The van der Waals surface area contributed by atoms with Crippen molar-refractivity contribution in [1.29, 1.82) is 5.26 Å². The number of benzene rings is 2. The largest absolute Gasteiger partial charge is 0.361 e. The Morgan fingerprint density at radius 1 is 1.21 bits per heavy atom. The molecule has 0 aliphatic rings. The third-order valence-corrected chi connectivity index (χ3v) is 3.90. The Bertz CT molecular complexity index is 932. The Labute approximate surface area is 140 Å². The first-order valence-electron chi connectivity index (χ1n) is 7.72. The molecule has 1 atom stereocenters. The normalized spacial score (nSPS) is 12.6. The summed E-state index contributed by atoms with van der Waals surface area (Å²) >= 11 is 0. The van der Waals surface area contributed by atoms with Gasteiger partial charge in [0, 0.05) is 11.7 Å². The van der Waals surface area contributed by atoms with Crippen molar-refractivity contribution in [3.8, 4) is 6.07 Å². The summed E-state index contributed by atoms with van der Waals surface area (Å²) in [4.78, 5) is 15.5. The van der Waals surface area contributed by atoms with Crippen molar-refractivity contribution in [3.05, 3.63) is 77.5 Å². The molecular formula is C20H17N3O. The zero-order valence-corrected chi connectivity index (χ0v) is 13.3. The minimum Gasteiger partial charge on any atom is -0.361 e. The van der Waals surface area contributed by atoms with Crippen LogP contribution in [-0.2, 0) is 4.79 Å². The minimum atomic E-state index is -0.372. The molecule has 0 unspecified atom stereocenters. The summed E-state index contributed by atoms with van der Waals surface area (Å²) in [6.07, 6.45) is 3.47. The van der Waals surface area contributed by atoms with Crippen molar-refractivity contribution in [2.45, 2.75) is 13.0 Å². The van der Waals surface area contributed by atoms with Crippen molar-refractivity contribution in [2.24, 2.45) is 0 Å². The van der Waals surface area contributed by atoms with E-state index in [0.717, 1.165) is 22.0 Å². The Morgan fingerprint density at radius 2 is 2.00 bits per heavy atom. The van der Waals surface area contributed by atoms with Gasteiger partial charge < -0.3 is 10.3 Å². The summed E-state index contributed by atoms with van der Waals surface area (Å²) in [7, 11) is 0. The molecule has 3 aromatic rings. The average Bonchev–Trinajstić information content (AvgIpc) is 3.08. The predicted molar refractivity (Wildman–Crippen MR) is 94.9 cm³/mol. The maximum Gasteiger partial charge on any atom is 0.262 e. The van der Waals surface area contributed by atoms with Gasteiger partial charge in [0.15, 0.2) is 0 Å². The predicted octanol–water partition coefficient (Wildman–Crippen LogP) is 3.95.